The Morgan fingerprint density at radius 2 is 1.88 bits per heavy atom. The minimum absolute atomic E-state index is 0.0281. The monoisotopic (exact) mass is 465 g/mol. The van der Waals surface area contributed by atoms with E-state index in [9.17, 15) is 18.0 Å². The van der Waals surface area contributed by atoms with Gasteiger partial charge in [0.15, 0.2) is 0 Å². The van der Waals surface area contributed by atoms with E-state index in [-0.39, 0.29) is 10.9 Å². The quantitative estimate of drug-likeness (QED) is 0.690. The molecule has 2 aliphatic heterocycles. The van der Waals surface area contributed by atoms with Crippen LogP contribution in [-0.2, 0) is 11.0 Å². The van der Waals surface area contributed by atoms with Crippen LogP contribution in [0.25, 0.3) is 5.57 Å². The molecule has 4 rings (SSSR count). The van der Waals surface area contributed by atoms with E-state index in [0.29, 0.717) is 31.6 Å². The number of carbonyl (C=O) groups is 1. The van der Waals surface area contributed by atoms with Crippen molar-refractivity contribution in [3.8, 4) is 0 Å². The predicted octanol–water partition coefficient (Wildman–Crippen LogP) is 3.59. The molecule has 1 amide bonds. The third-order valence-electron chi connectivity index (χ3n) is 5.81. The summed E-state index contributed by atoms with van der Waals surface area (Å²) in [5.74, 6) is 0.864. The lowest BCUT2D eigenvalue weighted by atomic mass is 9.97. The zero-order valence-corrected chi connectivity index (χ0v) is 18.1. The Balaban J connectivity index is 1.31. The fourth-order valence-electron chi connectivity index (χ4n) is 3.98. The predicted molar refractivity (Wildman–Crippen MR) is 116 cm³/mol. The number of carbonyl (C=O) groups excluding carboxylic acids is 1. The number of hydrogen-bond donors (Lipinski definition) is 0. The van der Waals surface area contributed by atoms with Crippen molar-refractivity contribution in [2.75, 3.05) is 50.7 Å². The standard InChI is InChI=1S/C22H23ClF3N5O/c23-19-2-1-17(13-18(19)22(24,25)26)16-3-7-31(8-4-16)21(32)15-29-9-11-30(12-10-29)20-14-27-5-6-28-20/h1-3,5-6,13-14H,4,7-12,15H2. The smallest absolute Gasteiger partial charge is 0.353 e. The van der Waals surface area contributed by atoms with Gasteiger partial charge < -0.3 is 9.80 Å². The zero-order valence-electron chi connectivity index (χ0n) is 17.4. The second-order valence-electron chi connectivity index (χ2n) is 7.84. The van der Waals surface area contributed by atoms with Crippen LogP contribution in [0.3, 0.4) is 0 Å². The highest BCUT2D eigenvalue weighted by atomic mass is 35.5. The van der Waals surface area contributed by atoms with Gasteiger partial charge in [0.1, 0.15) is 5.82 Å². The summed E-state index contributed by atoms with van der Waals surface area (Å²) in [7, 11) is 0. The molecule has 3 heterocycles. The Morgan fingerprint density at radius 3 is 2.50 bits per heavy atom. The molecule has 0 atom stereocenters. The molecule has 0 radical (unpaired) electrons. The maximum Gasteiger partial charge on any atom is 0.417 e. The number of alkyl halides is 3. The first-order chi connectivity index (χ1) is 15.3. The van der Waals surface area contributed by atoms with Gasteiger partial charge in [0.2, 0.25) is 5.91 Å². The minimum Gasteiger partial charge on any atom is -0.353 e. The van der Waals surface area contributed by atoms with Gasteiger partial charge in [-0.2, -0.15) is 13.2 Å². The normalized spacial score (nSPS) is 17.9. The van der Waals surface area contributed by atoms with Crippen LogP contribution in [-0.4, -0.2) is 71.5 Å². The van der Waals surface area contributed by atoms with E-state index in [1.807, 2.05) is 6.08 Å². The highest BCUT2D eigenvalue weighted by Crippen LogP contribution is 2.37. The van der Waals surface area contributed by atoms with Crippen LogP contribution in [0, 0.1) is 0 Å². The van der Waals surface area contributed by atoms with Crippen LogP contribution < -0.4 is 4.90 Å². The van der Waals surface area contributed by atoms with E-state index in [0.717, 1.165) is 43.6 Å². The summed E-state index contributed by atoms with van der Waals surface area (Å²) < 4.78 is 39.4. The largest absolute Gasteiger partial charge is 0.417 e. The van der Waals surface area contributed by atoms with E-state index >= 15 is 0 Å². The number of piperazine rings is 1. The minimum atomic E-state index is -4.50. The highest BCUT2D eigenvalue weighted by molar-refractivity contribution is 6.31. The lowest BCUT2D eigenvalue weighted by Crippen LogP contribution is -2.50. The van der Waals surface area contributed by atoms with Gasteiger partial charge in [-0.1, -0.05) is 23.7 Å². The van der Waals surface area contributed by atoms with E-state index in [4.69, 9.17) is 11.6 Å². The van der Waals surface area contributed by atoms with Crippen molar-refractivity contribution in [2.45, 2.75) is 12.6 Å². The van der Waals surface area contributed by atoms with Gasteiger partial charge in [0.05, 0.1) is 23.3 Å². The van der Waals surface area contributed by atoms with Crippen LogP contribution in [0.15, 0.2) is 42.9 Å². The molecular formula is C22H23ClF3N5O. The van der Waals surface area contributed by atoms with Crippen molar-refractivity contribution in [3.63, 3.8) is 0 Å². The Morgan fingerprint density at radius 1 is 1.09 bits per heavy atom. The second kappa shape index (κ2) is 9.46. The van der Waals surface area contributed by atoms with Crippen molar-refractivity contribution in [1.82, 2.24) is 19.8 Å². The van der Waals surface area contributed by atoms with Crippen LogP contribution in [0.5, 0.6) is 0 Å². The van der Waals surface area contributed by atoms with Crippen LogP contribution in [0.1, 0.15) is 17.5 Å². The van der Waals surface area contributed by atoms with Gasteiger partial charge in [-0.25, -0.2) is 4.98 Å². The Bertz CT molecular complexity index is 991. The molecule has 10 heteroatoms. The molecule has 1 aromatic heterocycles. The van der Waals surface area contributed by atoms with E-state index < -0.39 is 11.7 Å². The third kappa shape index (κ3) is 5.21. The molecule has 2 aromatic rings. The lowest BCUT2D eigenvalue weighted by Gasteiger charge is -2.36. The number of amides is 1. The summed E-state index contributed by atoms with van der Waals surface area (Å²) in [6, 6.07) is 3.96. The summed E-state index contributed by atoms with van der Waals surface area (Å²) >= 11 is 5.71. The van der Waals surface area contributed by atoms with Gasteiger partial charge in [-0.05, 0) is 29.7 Å². The number of hydrogen-bond acceptors (Lipinski definition) is 5. The molecule has 1 aromatic carbocycles. The van der Waals surface area contributed by atoms with E-state index in [1.165, 1.54) is 6.07 Å². The van der Waals surface area contributed by atoms with Gasteiger partial charge in [-0.15, -0.1) is 0 Å². The number of anilines is 1. The average Bonchev–Trinajstić information content (AvgIpc) is 2.80. The zero-order chi connectivity index (χ0) is 22.7. The maximum absolute atomic E-state index is 13.1. The summed E-state index contributed by atoms with van der Waals surface area (Å²) in [6.45, 7) is 4.25. The molecule has 1 fully saturated rings. The molecule has 0 saturated carbocycles. The third-order valence-corrected chi connectivity index (χ3v) is 6.14. The Hall–Kier alpha value is -2.65. The topological polar surface area (TPSA) is 52.6 Å². The van der Waals surface area contributed by atoms with Gasteiger partial charge in [0, 0.05) is 51.7 Å². The summed E-state index contributed by atoms with van der Waals surface area (Å²) in [4.78, 5) is 27.2. The van der Waals surface area contributed by atoms with Crippen molar-refractivity contribution >= 4 is 28.9 Å². The Labute approximate surface area is 189 Å². The van der Waals surface area contributed by atoms with E-state index in [1.54, 1.807) is 29.6 Å². The van der Waals surface area contributed by atoms with Crippen LogP contribution in [0.2, 0.25) is 5.02 Å². The fourth-order valence-corrected chi connectivity index (χ4v) is 4.21. The highest BCUT2D eigenvalue weighted by Gasteiger charge is 2.33. The molecule has 0 unspecified atom stereocenters. The summed E-state index contributed by atoms with van der Waals surface area (Å²) in [5, 5.41) is -0.311. The van der Waals surface area contributed by atoms with Crippen molar-refractivity contribution in [1.29, 1.82) is 0 Å². The second-order valence-corrected chi connectivity index (χ2v) is 8.25. The number of rotatable bonds is 4. The number of halogens is 4. The summed E-state index contributed by atoms with van der Waals surface area (Å²) in [6.07, 6.45) is 2.87. The lowest BCUT2D eigenvalue weighted by molar-refractivity contribution is -0.137. The van der Waals surface area contributed by atoms with E-state index in [2.05, 4.69) is 19.8 Å². The maximum atomic E-state index is 13.1. The molecule has 6 nitrogen and oxygen atoms in total. The van der Waals surface area contributed by atoms with Crippen molar-refractivity contribution < 1.29 is 18.0 Å². The first-order valence-electron chi connectivity index (χ1n) is 10.4. The van der Waals surface area contributed by atoms with Gasteiger partial charge >= 0.3 is 6.18 Å². The van der Waals surface area contributed by atoms with Crippen molar-refractivity contribution in [2.24, 2.45) is 0 Å². The molecule has 0 N–H and O–H groups in total. The number of aromatic nitrogens is 2. The first kappa shape index (κ1) is 22.5. The first-order valence-corrected chi connectivity index (χ1v) is 10.8. The van der Waals surface area contributed by atoms with Crippen molar-refractivity contribution in [3.05, 3.63) is 59.0 Å². The molecule has 2 aliphatic rings. The molecular weight excluding hydrogens is 443 g/mol. The van der Waals surface area contributed by atoms with Crippen LogP contribution in [0.4, 0.5) is 19.0 Å². The average molecular weight is 466 g/mol. The SMILES string of the molecule is O=C(CN1CCN(c2cnccn2)CC1)N1CC=C(c2ccc(Cl)c(C(F)(F)F)c2)CC1. The molecule has 0 bridgehead atoms. The summed E-state index contributed by atoms with van der Waals surface area (Å²) in [5.41, 5.74) is 0.458. The number of nitrogens with zero attached hydrogens (tertiary/aromatic N) is 5. The molecule has 170 valence electrons. The molecule has 32 heavy (non-hydrogen) atoms. The Kier molecular flexibility index (Phi) is 6.66. The van der Waals surface area contributed by atoms with Gasteiger partial charge in [0.25, 0.3) is 0 Å². The fraction of sp³-hybridized carbons (Fsp3) is 0.409. The molecule has 0 spiro atoms. The van der Waals surface area contributed by atoms with Crippen LogP contribution >= 0.6 is 11.6 Å². The molecule has 1 saturated heterocycles. The number of benzene rings is 1. The molecule has 0 aliphatic carbocycles. The van der Waals surface area contributed by atoms with Gasteiger partial charge in [-0.3, -0.25) is 14.7 Å².